The summed E-state index contributed by atoms with van der Waals surface area (Å²) in [6, 6.07) is 20.3. The molecule has 1 unspecified atom stereocenters. The van der Waals surface area contributed by atoms with Crippen LogP contribution in [0.2, 0.25) is 0 Å². The number of thiophene rings is 1. The number of aliphatic carboxylic acids is 1. The summed E-state index contributed by atoms with van der Waals surface area (Å²) in [6.45, 7) is 1.89. The second kappa shape index (κ2) is 11.0. The molecular weight excluding hydrogens is 505 g/mol. The van der Waals surface area contributed by atoms with Crippen molar-refractivity contribution in [3.63, 3.8) is 0 Å². The molecular formula is C27H23F3N2O4S. The first-order valence-corrected chi connectivity index (χ1v) is 12.1. The number of para-hydroxylation sites is 1. The second-order valence-corrected chi connectivity index (χ2v) is 9.57. The number of alkyl halides is 3. The van der Waals surface area contributed by atoms with E-state index in [0.29, 0.717) is 29.4 Å². The summed E-state index contributed by atoms with van der Waals surface area (Å²) < 4.78 is 50.3. The molecule has 37 heavy (non-hydrogen) atoms. The molecule has 0 spiro atoms. The Morgan fingerprint density at radius 1 is 0.973 bits per heavy atom. The molecule has 0 saturated carbocycles. The maximum Gasteiger partial charge on any atom is 0.433 e. The van der Waals surface area contributed by atoms with Gasteiger partial charge in [0.15, 0.2) is 5.82 Å². The zero-order valence-corrected chi connectivity index (χ0v) is 20.6. The van der Waals surface area contributed by atoms with E-state index in [9.17, 15) is 23.1 Å². The Labute approximate surface area is 215 Å². The Bertz CT molecular complexity index is 1340. The van der Waals surface area contributed by atoms with Gasteiger partial charge in [-0.2, -0.15) is 13.2 Å². The van der Waals surface area contributed by atoms with Gasteiger partial charge in [-0.1, -0.05) is 30.3 Å². The molecule has 10 heteroatoms. The molecule has 0 bridgehead atoms. The van der Waals surface area contributed by atoms with Gasteiger partial charge in [0.1, 0.15) is 17.2 Å². The van der Waals surface area contributed by atoms with Crippen LogP contribution in [0.25, 0.3) is 10.7 Å². The topological polar surface area (TPSA) is 81.5 Å². The standard InChI is InChI=1S/C27H23F3N2O4S/c1-26(25(33)34,36-20-5-3-2-4-6-20)17-18-7-9-19(10-8-18)35-16-14-21-11-12-22(37-21)24-31-15-13-23(32-24)27(28,29)30/h2-13,15H,14,16-17H2,1H3,(H,33,34). The van der Waals surface area contributed by atoms with E-state index >= 15 is 0 Å². The number of hydrogen-bond donors (Lipinski definition) is 1. The highest BCUT2D eigenvalue weighted by atomic mass is 32.1. The largest absolute Gasteiger partial charge is 0.493 e. The molecule has 0 aliphatic carbocycles. The van der Waals surface area contributed by atoms with Crippen LogP contribution in [-0.2, 0) is 23.8 Å². The summed E-state index contributed by atoms with van der Waals surface area (Å²) in [5.41, 5.74) is -1.64. The Morgan fingerprint density at radius 2 is 1.70 bits per heavy atom. The minimum atomic E-state index is -4.53. The molecule has 1 atom stereocenters. The van der Waals surface area contributed by atoms with E-state index in [1.54, 1.807) is 54.6 Å². The number of rotatable bonds is 10. The second-order valence-electron chi connectivity index (χ2n) is 8.40. The number of ether oxygens (including phenoxy) is 2. The Balaban J connectivity index is 1.32. The van der Waals surface area contributed by atoms with Crippen LogP contribution < -0.4 is 9.47 Å². The van der Waals surface area contributed by atoms with Gasteiger partial charge in [-0.3, -0.25) is 0 Å². The highest BCUT2D eigenvalue weighted by Crippen LogP contribution is 2.31. The Hall–Kier alpha value is -3.92. The van der Waals surface area contributed by atoms with Crippen molar-refractivity contribution in [1.82, 2.24) is 9.97 Å². The van der Waals surface area contributed by atoms with Crippen molar-refractivity contribution in [2.45, 2.75) is 31.5 Å². The molecule has 0 saturated heterocycles. The maximum atomic E-state index is 12.9. The molecule has 2 aromatic heterocycles. The van der Waals surface area contributed by atoms with Gasteiger partial charge in [-0.25, -0.2) is 14.8 Å². The van der Waals surface area contributed by atoms with E-state index in [4.69, 9.17) is 9.47 Å². The smallest absolute Gasteiger partial charge is 0.433 e. The molecule has 0 aliphatic heterocycles. The average Bonchev–Trinajstić information content (AvgIpc) is 3.34. The molecule has 2 heterocycles. The van der Waals surface area contributed by atoms with Crippen LogP contribution in [-0.4, -0.2) is 33.3 Å². The molecule has 6 nitrogen and oxygen atoms in total. The van der Waals surface area contributed by atoms with Crippen molar-refractivity contribution in [2.75, 3.05) is 6.61 Å². The van der Waals surface area contributed by atoms with E-state index in [0.717, 1.165) is 22.7 Å². The Kier molecular flexibility index (Phi) is 7.77. The highest BCUT2D eigenvalue weighted by Gasteiger charge is 2.36. The first-order chi connectivity index (χ1) is 17.6. The summed E-state index contributed by atoms with van der Waals surface area (Å²) in [7, 11) is 0. The number of carboxylic acid groups (broad SMARTS) is 1. The van der Waals surface area contributed by atoms with E-state index in [2.05, 4.69) is 9.97 Å². The minimum Gasteiger partial charge on any atom is -0.493 e. The van der Waals surface area contributed by atoms with Gasteiger partial charge in [0.25, 0.3) is 0 Å². The maximum absolute atomic E-state index is 12.9. The van der Waals surface area contributed by atoms with Crippen LogP contribution in [0, 0.1) is 0 Å². The zero-order valence-electron chi connectivity index (χ0n) is 19.7. The molecule has 0 amide bonds. The van der Waals surface area contributed by atoms with Crippen molar-refractivity contribution in [1.29, 1.82) is 0 Å². The number of halogens is 3. The minimum absolute atomic E-state index is 0.0344. The van der Waals surface area contributed by atoms with Crippen LogP contribution in [0.1, 0.15) is 23.1 Å². The first kappa shape index (κ1) is 26.2. The van der Waals surface area contributed by atoms with Gasteiger partial charge in [-0.05, 0) is 55.0 Å². The lowest BCUT2D eigenvalue weighted by molar-refractivity contribution is -0.153. The predicted molar refractivity (Wildman–Crippen MR) is 133 cm³/mol. The third-order valence-corrected chi connectivity index (χ3v) is 6.59. The number of nitrogens with zero attached hydrogens (tertiary/aromatic N) is 2. The predicted octanol–water partition coefficient (Wildman–Crippen LogP) is 6.31. The number of benzene rings is 2. The zero-order chi connectivity index (χ0) is 26.5. The van der Waals surface area contributed by atoms with Crippen molar-refractivity contribution in [2.24, 2.45) is 0 Å². The van der Waals surface area contributed by atoms with Crippen LogP contribution >= 0.6 is 11.3 Å². The molecule has 2 aromatic carbocycles. The third-order valence-electron chi connectivity index (χ3n) is 5.45. The van der Waals surface area contributed by atoms with Gasteiger partial charge in [0.2, 0.25) is 5.60 Å². The summed E-state index contributed by atoms with van der Waals surface area (Å²) in [5.74, 6) is 0.0566. The van der Waals surface area contributed by atoms with Crippen LogP contribution in [0.3, 0.4) is 0 Å². The molecule has 0 radical (unpaired) electrons. The third kappa shape index (κ3) is 6.85. The lowest BCUT2D eigenvalue weighted by Crippen LogP contribution is -2.43. The first-order valence-electron chi connectivity index (χ1n) is 11.3. The number of aromatic nitrogens is 2. The SMILES string of the molecule is CC(Cc1ccc(OCCc2ccc(-c3nccc(C(F)(F)F)n3)s2)cc1)(Oc1ccccc1)C(=O)O. The van der Waals surface area contributed by atoms with E-state index in [-0.39, 0.29) is 12.2 Å². The van der Waals surface area contributed by atoms with Crippen molar-refractivity contribution in [3.05, 3.63) is 95.1 Å². The monoisotopic (exact) mass is 528 g/mol. The van der Waals surface area contributed by atoms with E-state index in [1.165, 1.54) is 18.3 Å². The number of hydrogen-bond acceptors (Lipinski definition) is 6. The summed E-state index contributed by atoms with van der Waals surface area (Å²) >= 11 is 1.31. The summed E-state index contributed by atoms with van der Waals surface area (Å²) in [5, 5.41) is 9.75. The van der Waals surface area contributed by atoms with Gasteiger partial charge < -0.3 is 14.6 Å². The Morgan fingerprint density at radius 3 is 2.38 bits per heavy atom. The fourth-order valence-corrected chi connectivity index (χ4v) is 4.46. The molecule has 1 N–H and O–H groups in total. The van der Waals surface area contributed by atoms with Crippen molar-refractivity contribution < 1.29 is 32.5 Å². The van der Waals surface area contributed by atoms with Crippen LogP contribution in [0.5, 0.6) is 11.5 Å². The van der Waals surface area contributed by atoms with Gasteiger partial charge in [0.05, 0.1) is 11.5 Å². The molecule has 4 rings (SSSR count). The van der Waals surface area contributed by atoms with Crippen LogP contribution in [0.15, 0.2) is 79.0 Å². The average molecular weight is 529 g/mol. The van der Waals surface area contributed by atoms with Gasteiger partial charge in [0, 0.05) is 23.9 Å². The quantitative estimate of drug-likeness (QED) is 0.260. The molecule has 4 aromatic rings. The molecule has 0 fully saturated rings. The highest BCUT2D eigenvalue weighted by molar-refractivity contribution is 7.15. The van der Waals surface area contributed by atoms with Crippen molar-refractivity contribution in [3.8, 4) is 22.2 Å². The van der Waals surface area contributed by atoms with Crippen molar-refractivity contribution >= 4 is 17.3 Å². The normalized spacial score (nSPS) is 13.1. The summed E-state index contributed by atoms with van der Waals surface area (Å²) in [6.07, 6.45) is -2.72. The fraction of sp³-hybridized carbons (Fsp3) is 0.222. The van der Waals surface area contributed by atoms with E-state index < -0.39 is 23.4 Å². The van der Waals surface area contributed by atoms with Gasteiger partial charge >= 0.3 is 12.1 Å². The molecule has 192 valence electrons. The lowest BCUT2D eigenvalue weighted by atomic mass is 9.96. The van der Waals surface area contributed by atoms with Gasteiger partial charge in [-0.15, -0.1) is 11.3 Å². The number of carboxylic acids is 1. The van der Waals surface area contributed by atoms with E-state index in [1.807, 2.05) is 12.1 Å². The fourth-order valence-electron chi connectivity index (χ4n) is 3.53. The number of carbonyl (C=O) groups is 1. The lowest BCUT2D eigenvalue weighted by Gasteiger charge is -2.26. The van der Waals surface area contributed by atoms with Crippen LogP contribution in [0.4, 0.5) is 13.2 Å². The summed E-state index contributed by atoms with van der Waals surface area (Å²) in [4.78, 5) is 21.0. The molecule has 0 aliphatic rings.